The van der Waals surface area contributed by atoms with E-state index < -0.39 is 16.1 Å². The van der Waals surface area contributed by atoms with Gasteiger partial charge in [-0.15, -0.1) is 0 Å². The van der Waals surface area contributed by atoms with E-state index in [0.717, 1.165) is 35.1 Å². The predicted molar refractivity (Wildman–Crippen MR) is 196 cm³/mol. The number of methoxy groups -OCH3 is 3. The van der Waals surface area contributed by atoms with Crippen LogP contribution in [-0.2, 0) is 45.4 Å². The number of nitrogens with one attached hydrogen (secondary N) is 1. The molecule has 5 rings (SSSR count). The molecule has 51 heavy (non-hydrogen) atoms. The summed E-state index contributed by atoms with van der Waals surface area (Å²) in [5.74, 6) is 1.50. The highest BCUT2D eigenvalue weighted by atomic mass is 32.2. The van der Waals surface area contributed by atoms with Crippen molar-refractivity contribution in [2.24, 2.45) is 0 Å². The number of carbonyl (C=O) groups excluding carboxylic acids is 2. The summed E-state index contributed by atoms with van der Waals surface area (Å²) in [7, 11) is 1.24. The van der Waals surface area contributed by atoms with E-state index in [4.69, 9.17) is 14.2 Å². The van der Waals surface area contributed by atoms with Crippen LogP contribution in [0.3, 0.4) is 0 Å². The van der Waals surface area contributed by atoms with Gasteiger partial charge in [-0.1, -0.05) is 60.7 Å². The lowest BCUT2D eigenvalue weighted by atomic mass is 10.0. The molecule has 1 N–H and O–H groups in total. The number of aryl methyl sites for hydroxylation is 1. The van der Waals surface area contributed by atoms with Gasteiger partial charge in [-0.3, -0.25) is 9.59 Å². The summed E-state index contributed by atoms with van der Waals surface area (Å²) in [5.41, 5.74) is 3.60. The molecule has 0 aromatic heterocycles. The lowest BCUT2D eigenvalue weighted by Gasteiger charge is -2.32. The number of hydrogen-bond acceptors (Lipinski definition) is 7. The molecule has 1 saturated heterocycles. The molecule has 0 saturated carbocycles. The Morgan fingerprint density at radius 1 is 0.745 bits per heavy atom. The zero-order valence-electron chi connectivity index (χ0n) is 29.5. The van der Waals surface area contributed by atoms with E-state index in [0.29, 0.717) is 56.1 Å². The monoisotopic (exact) mass is 713 g/mol. The van der Waals surface area contributed by atoms with E-state index in [-0.39, 0.29) is 29.7 Å². The standard InChI is InChI=1S/C40H47N3O7S/c1-48-34-17-11-33(12-18-34)29-43(39(44)22-16-30-13-19-35(20-14-30)51(46,47)42-25-7-8-26-42)36(27-31-9-5-4-6-10-31)40(45)41-24-23-32-15-21-37(49-2)38(28-32)50-3/h4-6,9-15,17-21,28,36H,7-8,16,22-27,29H2,1-3H3,(H,41,45)/t36-/m0/s1. The lowest BCUT2D eigenvalue weighted by molar-refractivity contribution is -0.141. The van der Waals surface area contributed by atoms with Crippen LogP contribution in [0.25, 0.3) is 0 Å². The minimum absolute atomic E-state index is 0.137. The van der Waals surface area contributed by atoms with Gasteiger partial charge in [-0.05, 0) is 84.3 Å². The number of sulfonamides is 1. The van der Waals surface area contributed by atoms with Crippen LogP contribution in [0, 0.1) is 0 Å². The smallest absolute Gasteiger partial charge is 0.243 e. The Hall–Kier alpha value is -4.87. The van der Waals surface area contributed by atoms with Crippen molar-refractivity contribution in [3.63, 3.8) is 0 Å². The molecule has 1 aliphatic heterocycles. The van der Waals surface area contributed by atoms with Crippen LogP contribution < -0.4 is 19.5 Å². The van der Waals surface area contributed by atoms with Crippen molar-refractivity contribution in [2.75, 3.05) is 41.0 Å². The van der Waals surface area contributed by atoms with Crippen molar-refractivity contribution < 1.29 is 32.2 Å². The van der Waals surface area contributed by atoms with E-state index in [2.05, 4.69) is 5.32 Å². The number of nitrogens with zero attached hydrogens (tertiary/aromatic N) is 2. The van der Waals surface area contributed by atoms with Gasteiger partial charge in [-0.25, -0.2) is 8.42 Å². The third-order valence-corrected chi connectivity index (χ3v) is 11.1. The van der Waals surface area contributed by atoms with Crippen molar-refractivity contribution in [2.45, 2.75) is 56.0 Å². The molecule has 1 atom stereocenters. The highest BCUT2D eigenvalue weighted by molar-refractivity contribution is 7.89. The average molecular weight is 714 g/mol. The zero-order valence-corrected chi connectivity index (χ0v) is 30.4. The Morgan fingerprint density at radius 2 is 1.39 bits per heavy atom. The van der Waals surface area contributed by atoms with Gasteiger partial charge in [0.15, 0.2) is 11.5 Å². The van der Waals surface area contributed by atoms with E-state index in [1.165, 1.54) is 4.31 Å². The maximum atomic E-state index is 14.2. The third-order valence-electron chi connectivity index (χ3n) is 9.20. The molecule has 4 aromatic carbocycles. The van der Waals surface area contributed by atoms with Crippen molar-refractivity contribution in [1.29, 1.82) is 0 Å². The Kier molecular flexibility index (Phi) is 13.1. The summed E-state index contributed by atoms with van der Waals surface area (Å²) in [5, 5.41) is 3.09. The Balaban J connectivity index is 1.35. The molecular formula is C40H47N3O7S. The number of amides is 2. The molecule has 0 unspecified atom stereocenters. The first-order valence-electron chi connectivity index (χ1n) is 17.3. The second kappa shape index (κ2) is 17.9. The van der Waals surface area contributed by atoms with Crippen molar-refractivity contribution in [3.8, 4) is 17.2 Å². The third kappa shape index (κ3) is 9.89. The maximum absolute atomic E-state index is 14.2. The number of benzene rings is 4. The molecule has 0 radical (unpaired) electrons. The molecule has 11 heteroatoms. The highest BCUT2D eigenvalue weighted by Gasteiger charge is 2.31. The van der Waals surface area contributed by atoms with Gasteiger partial charge in [0.25, 0.3) is 0 Å². The van der Waals surface area contributed by atoms with Crippen LogP contribution in [0.4, 0.5) is 0 Å². The molecule has 270 valence electrons. The van der Waals surface area contributed by atoms with E-state index >= 15 is 0 Å². The Bertz CT molecular complexity index is 1840. The van der Waals surface area contributed by atoms with Crippen molar-refractivity contribution in [3.05, 3.63) is 119 Å². The Morgan fingerprint density at radius 3 is 2.04 bits per heavy atom. The minimum atomic E-state index is -3.53. The summed E-state index contributed by atoms with van der Waals surface area (Å²) < 4.78 is 43.7. The topological polar surface area (TPSA) is 114 Å². The molecule has 1 heterocycles. The number of hydrogen-bond donors (Lipinski definition) is 1. The molecule has 1 fully saturated rings. The van der Waals surface area contributed by atoms with Crippen LogP contribution in [0.1, 0.15) is 41.5 Å². The highest BCUT2D eigenvalue weighted by Crippen LogP contribution is 2.28. The molecule has 4 aromatic rings. The normalized spacial score (nSPS) is 13.7. The fraction of sp³-hybridized carbons (Fsp3) is 0.350. The van der Waals surface area contributed by atoms with E-state index in [1.807, 2.05) is 72.8 Å². The molecule has 0 aliphatic carbocycles. The van der Waals surface area contributed by atoms with Crippen LogP contribution in [0.2, 0.25) is 0 Å². The van der Waals surface area contributed by atoms with Gasteiger partial charge in [0.05, 0.1) is 26.2 Å². The maximum Gasteiger partial charge on any atom is 0.243 e. The van der Waals surface area contributed by atoms with Crippen LogP contribution in [0.15, 0.2) is 102 Å². The van der Waals surface area contributed by atoms with Crippen LogP contribution in [0.5, 0.6) is 17.2 Å². The van der Waals surface area contributed by atoms with Crippen LogP contribution in [-0.4, -0.2) is 76.4 Å². The quantitative estimate of drug-likeness (QED) is 0.155. The fourth-order valence-corrected chi connectivity index (χ4v) is 7.78. The molecule has 10 nitrogen and oxygen atoms in total. The SMILES string of the molecule is COc1ccc(CN(C(=O)CCc2ccc(S(=O)(=O)N3CCCC3)cc2)[C@@H](Cc2ccccc2)C(=O)NCCc2ccc(OC)c(OC)c2)cc1. The number of carbonyl (C=O) groups is 2. The summed E-state index contributed by atoms with van der Waals surface area (Å²) in [6, 6.07) is 28.8. The average Bonchev–Trinajstić information content (AvgIpc) is 3.72. The number of ether oxygens (including phenoxy) is 3. The van der Waals surface area contributed by atoms with Gasteiger partial charge in [0.1, 0.15) is 11.8 Å². The van der Waals surface area contributed by atoms with Gasteiger partial charge < -0.3 is 24.4 Å². The van der Waals surface area contributed by atoms with Crippen LogP contribution >= 0.6 is 0 Å². The van der Waals surface area contributed by atoms with Crippen molar-refractivity contribution in [1.82, 2.24) is 14.5 Å². The zero-order chi connectivity index (χ0) is 36.2. The second-order valence-electron chi connectivity index (χ2n) is 12.6. The number of rotatable bonds is 17. The summed E-state index contributed by atoms with van der Waals surface area (Å²) in [4.78, 5) is 30.2. The van der Waals surface area contributed by atoms with E-state index in [1.54, 1.807) is 50.5 Å². The van der Waals surface area contributed by atoms with Crippen molar-refractivity contribution >= 4 is 21.8 Å². The molecular weight excluding hydrogens is 667 g/mol. The summed E-state index contributed by atoms with van der Waals surface area (Å²) >= 11 is 0. The lowest BCUT2D eigenvalue weighted by Crippen LogP contribution is -2.50. The molecule has 1 aliphatic rings. The second-order valence-corrected chi connectivity index (χ2v) is 14.5. The molecule has 0 spiro atoms. The largest absolute Gasteiger partial charge is 0.497 e. The first-order valence-corrected chi connectivity index (χ1v) is 18.7. The Labute approximate surface area is 301 Å². The molecule has 0 bridgehead atoms. The summed E-state index contributed by atoms with van der Waals surface area (Å²) in [6.45, 7) is 1.65. The fourth-order valence-electron chi connectivity index (χ4n) is 6.27. The van der Waals surface area contributed by atoms with Gasteiger partial charge in [0, 0.05) is 39.0 Å². The predicted octanol–water partition coefficient (Wildman–Crippen LogP) is 5.43. The van der Waals surface area contributed by atoms with Gasteiger partial charge in [-0.2, -0.15) is 4.31 Å². The summed E-state index contributed by atoms with van der Waals surface area (Å²) in [6.07, 6.45) is 3.15. The van der Waals surface area contributed by atoms with E-state index in [9.17, 15) is 18.0 Å². The first kappa shape index (κ1) is 37.4. The minimum Gasteiger partial charge on any atom is -0.497 e. The van der Waals surface area contributed by atoms with Gasteiger partial charge >= 0.3 is 0 Å². The molecule has 2 amide bonds. The first-order chi connectivity index (χ1) is 24.7. The van der Waals surface area contributed by atoms with Gasteiger partial charge in [0.2, 0.25) is 21.8 Å².